The SMILES string of the molecule is O=[n+]1c2c(n([O-])c3cc(F)c(N4CCOCC4)cc31)CCCC2. The van der Waals surface area contributed by atoms with E-state index in [2.05, 4.69) is 0 Å². The van der Waals surface area contributed by atoms with Gasteiger partial charge in [0, 0.05) is 36.6 Å². The van der Waals surface area contributed by atoms with E-state index in [0.717, 1.165) is 22.0 Å². The monoisotopic (exact) mass is 319 g/mol. The molecule has 1 aliphatic carbocycles. The Labute approximate surface area is 132 Å². The number of fused-ring (bicyclic) bond motifs is 2. The Balaban J connectivity index is 1.94. The summed E-state index contributed by atoms with van der Waals surface area (Å²) in [6, 6.07) is 2.70. The second kappa shape index (κ2) is 5.49. The van der Waals surface area contributed by atoms with Crippen LogP contribution in [0.2, 0.25) is 0 Å². The average molecular weight is 319 g/mol. The van der Waals surface area contributed by atoms with Crippen LogP contribution in [-0.2, 0) is 17.6 Å². The van der Waals surface area contributed by atoms with E-state index >= 15 is 0 Å². The van der Waals surface area contributed by atoms with Crippen LogP contribution >= 0.6 is 0 Å². The van der Waals surface area contributed by atoms with E-state index in [-0.39, 0.29) is 11.0 Å². The summed E-state index contributed by atoms with van der Waals surface area (Å²) in [5, 5.41) is 12.5. The summed E-state index contributed by atoms with van der Waals surface area (Å²) in [6.07, 6.45) is 2.96. The second-order valence-electron chi connectivity index (χ2n) is 6.08. The minimum absolute atomic E-state index is 0.107. The zero-order valence-electron chi connectivity index (χ0n) is 12.8. The van der Waals surface area contributed by atoms with Gasteiger partial charge in [-0.3, -0.25) is 0 Å². The van der Waals surface area contributed by atoms with E-state index in [1.54, 1.807) is 0 Å². The molecule has 0 bridgehead atoms. The Hall–Kier alpha value is -2.15. The molecule has 2 aliphatic rings. The van der Waals surface area contributed by atoms with E-state index < -0.39 is 5.82 Å². The fourth-order valence-electron chi connectivity index (χ4n) is 3.51. The molecule has 0 atom stereocenters. The number of nitrogens with zero attached hydrogens (tertiary/aromatic N) is 3. The molecular formula is C16H18FN3O3. The van der Waals surface area contributed by atoms with E-state index in [1.807, 2.05) is 4.90 Å². The van der Waals surface area contributed by atoms with Crippen molar-refractivity contribution in [2.45, 2.75) is 25.7 Å². The van der Waals surface area contributed by atoms with E-state index in [1.165, 1.54) is 12.1 Å². The van der Waals surface area contributed by atoms with Gasteiger partial charge in [0.1, 0.15) is 11.3 Å². The Morgan fingerprint density at radius 1 is 1.17 bits per heavy atom. The molecule has 0 N–H and O–H groups in total. The maximum Gasteiger partial charge on any atom is 0.288 e. The highest BCUT2D eigenvalue weighted by Crippen LogP contribution is 2.28. The number of halogens is 1. The molecule has 6 nitrogen and oxygen atoms in total. The third-order valence-corrected chi connectivity index (χ3v) is 4.73. The maximum absolute atomic E-state index is 14.5. The lowest BCUT2D eigenvalue weighted by Crippen LogP contribution is -2.37. The number of benzene rings is 1. The number of ether oxygens (including phenoxy) is 1. The molecule has 1 aromatic carbocycles. The summed E-state index contributed by atoms with van der Waals surface area (Å²) in [5.74, 6) is -0.472. The van der Waals surface area contributed by atoms with Gasteiger partial charge in [-0.05, 0) is 19.3 Å². The highest BCUT2D eigenvalue weighted by atomic mass is 19.1. The second-order valence-corrected chi connectivity index (χ2v) is 6.08. The fourth-order valence-corrected chi connectivity index (χ4v) is 3.51. The van der Waals surface area contributed by atoms with Crippen molar-refractivity contribution in [3.05, 3.63) is 39.5 Å². The van der Waals surface area contributed by atoms with Gasteiger partial charge in [0.15, 0.2) is 0 Å². The minimum atomic E-state index is -0.472. The Morgan fingerprint density at radius 2 is 1.91 bits per heavy atom. The molecule has 2 heterocycles. The number of hydrogen-bond acceptors (Lipinski definition) is 4. The molecular weight excluding hydrogens is 301 g/mol. The van der Waals surface area contributed by atoms with Gasteiger partial charge in [-0.1, -0.05) is 0 Å². The Kier molecular flexibility index (Phi) is 3.45. The van der Waals surface area contributed by atoms with Gasteiger partial charge in [-0.2, -0.15) is 0 Å². The minimum Gasteiger partial charge on any atom is -0.805 e. The molecule has 0 amide bonds. The van der Waals surface area contributed by atoms with Crippen molar-refractivity contribution in [2.24, 2.45) is 0 Å². The highest BCUT2D eigenvalue weighted by molar-refractivity contribution is 5.78. The van der Waals surface area contributed by atoms with Crippen LogP contribution in [0.15, 0.2) is 12.1 Å². The molecule has 7 heteroatoms. The number of aromatic nitrogens is 2. The zero-order valence-corrected chi connectivity index (χ0v) is 12.8. The van der Waals surface area contributed by atoms with Crippen molar-refractivity contribution in [2.75, 3.05) is 31.2 Å². The van der Waals surface area contributed by atoms with Crippen molar-refractivity contribution in [1.29, 1.82) is 0 Å². The Bertz CT molecular complexity index is 828. The third kappa shape index (κ3) is 2.26. The summed E-state index contributed by atoms with van der Waals surface area (Å²) < 4.78 is 21.3. The summed E-state index contributed by atoms with van der Waals surface area (Å²) in [4.78, 5) is 14.5. The van der Waals surface area contributed by atoms with Crippen LogP contribution in [0.25, 0.3) is 11.0 Å². The lowest BCUT2D eigenvalue weighted by Gasteiger charge is -2.29. The molecule has 2 aromatic rings. The van der Waals surface area contributed by atoms with Crippen molar-refractivity contribution in [3.8, 4) is 0 Å². The van der Waals surface area contributed by atoms with Crippen molar-refractivity contribution >= 4 is 16.7 Å². The molecule has 23 heavy (non-hydrogen) atoms. The molecule has 4 rings (SSSR count). The van der Waals surface area contributed by atoms with E-state index in [9.17, 15) is 14.5 Å². The smallest absolute Gasteiger partial charge is 0.288 e. The fraction of sp³-hybridized carbons (Fsp3) is 0.500. The summed E-state index contributed by atoms with van der Waals surface area (Å²) in [6.45, 7) is 2.20. The first-order valence-corrected chi connectivity index (χ1v) is 7.99. The van der Waals surface area contributed by atoms with Crippen molar-refractivity contribution in [3.63, 3.8) is 0 Å². The van der Waals surface area contributed by atoms with Crippen molar-refractivity contribution in [1.82, 2.24) is 4.73 Å². The van der Waals surface area contributed by atoms with E-state index in [4.69, 9.17) is 4.74 Å². The van der Waals surface area contributed by atoms with Gasteiger partial charge in [0.25, 0.3) is 11.2 Å². The lowest BCUT2D eigenvalue weighted by molar-refractivity contribution is -0.476. The molecule has 0 radical (unpaired) electrons. The highest BCUT2D eigenvalue weighted by Gasteiger charge is 2.27. The van der Waals surface area contributed by atoms with Crippen LogP contribution in [0.3, 0.4) is 0 Å². The van der Waals surface area contributed by atoms with Crippen LogP contribution in [0.5, 0.6) is 0 Å². The van der Waals surface area contributed by atoms with Crippen molar-refractivity contribution < 1.29 is 13.6 Å². The summed E-state index contributed by atoms with van der Waals surface area (Å²) in [7, 11) is 0. The quantitative estimate of drug-likeness (QED) is 0.751. The van der Waals surface area contributed by atoms with Crippen LogP contribution < -0.4 is 9.33 Å². The predicted octanol–water partition coefficient (Wildman–Crippen LogP) is 1.76. The Morgan fingerprint density at radius 3 is 2.70 bits per heavy atom. The first kappa shape index (κ1) is 14.4. The zero-order chi connectivity index (χ0) is 16.0. The first-order valence-electron chi connectivity index (χ1n) is 7.99. The predicted molar refractivity (Wildman–Crippen MR) is 83.7 cm³/mol. The van der Waals surface area contributed by atoms with Gasteiger partial charge in [-0.15, -0.1) is 0 Å². The normalized spacial score (nSPS) is 18.2. The number of morpholine rings is 1. The van der Waals surface area contributed by atoms with Gasteiger partial charge < -0.3 is 19.6 Å². The van der Waals surface area contributed by atoms with Crippen LogP contribution in [0.1, 0.15) is 24.2 Å². The lowest BCUT2D eigenvalue weighted by atomic mass is 10.00. The summed E-state index contributed by atoms with van der Waals surface area (Å²) in [5.41, 5.74) is 1.72. The van der Waals surface area contributed by atoms with Gasteiger partial charge in [0.2, 0.25) is 0 Å². The molecule has 0 unspecified atom stereocenters. The molecule has 1 saturated heterocycles. The number of hydrogen-bond donors (Lipinski definition) is 0. The molecule has 0 saturated carbocycles. The van der Waals surface area contributed by atoms with Crippen LogP contribution in [0.4, 0.5) is 10.1 Å². The molecule has 0 spiro atoms. The standard InChI is InChI=1S/C16H18FN3O3/c17-11-9-15-16(10-14(11)18-5-7-23-8-6-18)20(22)13-4-2-1-3-12(13)19(15)21/h9-10H,1-8H2. The van der Waals surface area contributed by atoms with Crippen LogP contribution in [-0.4, -0.2) is 31.0 Å². The molecule has 1 aliphatic heterocycles. The third-order valence-electron chi connectivity index (χ3n) is 4.73. The molecule has 122 valence electrons. The molecule has 1 aromatic heterocycles. The average Bonchev–Trinajstić information content (AvgIpc) is 2.60. The van der Waals surface area contributed by atoms with Crippen LogP contribution in [0, 0.1) is 15.9 Å². The maximum atomic E-state index is 14.5. The molecule has 1 fully saturated rings. The summed E-state index contributed by atoms with van der Waals surface area (Å²) >= 11 is 0. The number of rotatable bonds is 1. The van der Waals surface area contributed by atoms with E-state index in [0.29, 0.717) is 56.2 Å². The first-order chi connectivity index (χ1) is 11.2. The van der Waals surface area contributed by atoms with Gasteiger partial charge in [0.05, 0.1) is 29.0 Å². The number of anilines is 1. The topological polar surface area (TPSA) is 63.4 Å². The largest absolute Gasteiger partial charge is 0.805 e. The van der Waals surface area contributed by atoms with Gasteiger partial charge >= 0.3 is 0 Å². The van der Waals surface area contributed by atoms with Gasteiger partial charge in [-0.25, -0.2) is 4.39 Å².